The van der Waals surface area contributed by atoms with E-state index in [0.717, 1.165) is 24.0 Å². The maximum absolute atomic E-state index is 12.1. The molecule has 0 aromatic heterocycles. The van der Waals surface area contributed by atoms with E-state index in [1.54, 1.807) is 72.7 Å². The van der Waals surface area contributed by atoms with E-state index < -0.39 is 67.6 Å². The normalized spacial score (nSPS) is 21.7. The summed E-state index contributed by atoms with van der Waals surface area (Å²) in [6.07, 6.45) is 3.99. The molecule has 0 unspecified atom stereocenters. The fourth-order valence-corrected chi connectivity index (χ4v) is 12.3. The summed E-state index contributed by atoms with van der Waals surface area (Å²) in [6.45, 7) is 34.0. The van der Waals surface area contributed by atoms with Gasteiger partial charge in [0.15, 0.2) is 5.12 Å². The third kappa shape index (κ3) is 38.9. The Bertz CT molecular complexity index is 3110. The number of aliphatic hydroxyl groups is 1. The second-order valence-corrected chi connectivity index (χ2v) is 36.8. The Morgan fingerprint density at radius 3 is 1.04 bits per heavy atom. The van der Waals surface area contributed by atoms with Crippen LogP contribution < -0.4 is 51.4 Å². The maximum atomic E-state index is 12.1. The standard InChI is InChI=1S/C16H22O5S.C11H18O3S.C9H15ClO4S.C9H16O3.C9H14O3.C7H7ClO2S.C2H4OS.K/c1-11-5-7-14(8-6-11)22(18,19)21-13-9-12(10-13)15(17)20-16(2,3)4;1-7(12)15-9-5-8(6-9)10(13)14-11(2,3)4;1-9(2,3)14-8(11)6-4-7(5-6)15(10,12)13;2*1-9(2,3)12-8(11)6-4-7(10)5-6;1-6-2-4-7(5-3-6)11(8,9)10;1-2(3)4;/h5-8,12-13H,9-10H2,1-4H3;8-9H,5-6H2,1-4H3;6-7H,4-5H2,1-3H3;6-7,10H,4-5H2,1-3H3;6H,4-5H2,1-3H3;2-5H,1H3;1H3,(H,3,4);/q;;;;;;;+1/p-1. The predicted molar refractivity (Wildman–Crippen MR) is 350 cm³/mol. The number of thioether (sulfide) groups is 1. The zero-order valence-electron chi connectivity index (χ0n) is 56.8. The Balaban J connectivity index is 0.00000108. The number of ether oxygens (including phenoxy) is 5. The molecule has 0 radical (unpaired) electrons. The first kappa shape index (κ1) is 89.4. The van der Waals surface area contributed by atoms with Gasteiger partial charge >= 0.3 is 81.2 Å². The molecule has 5 fully saturated rings. The van der Waals surface area contributed by atoms with E-state index in [1.807, 2.05) is 76.2 Å². The van der Waals surface area contributed by atoms with Gasteiger partial charge < -0.3 is 46.2 Å². The number of aliphatic hydroxyl groups excluding tert-OH is 1. The zero-order valence-corrected chi connectivity index (χ0v) is 65.5. The number of carbonyl (C=O) groups is 8. The summed E-state index contributed by atoms with van der Waals surface area (Å²) in [4.78, 5) is 88.2. The van der Waals surface area contributed by atoms with Crippen LogP contribution in [-0.2, 0) is 107 Å². The first-order chi connectivity index (χ1) is 40.9. The molecule has 0 heterocycles. The van der Waals surface area contributed by atoms with Crippen LogP contribution >= 0.6 is 33.1 Å². The van der Waals surface area contributed by atoms with Crippen molar-refractivity contribution in [2.45, 2.75) is 256 Å². The third-order valence-electron chi connectivity index (χ3n) is 12.7. The number of halogens is 2. The van der Waals surface area contributed by atoms with E-state index in [0.29, 0.717) is 43.8 Å². The molecule has 92 heavy (non-hydrogen) atoms. The van der Waals surface area contributed by atoms with E-state index in [2.05, 4.69) is 12.6 Å². The van der Waals surface area contributed by atoms with Crippen LogP contribution in [0.5, 0.6) is 0 Å². The summed E-state index contributed by atoms with van der Waals surface area (Å²) in [5.74, 6) is -1.83. The van der Waals surface area contributed by atoms with E-state index in [9.17, 15) is 63.6 Å². The van der Waals surface area contributed by atoms with Crippen LogP contribution in [0.1, 0.15) is 193 Å². The minimum absolute atomic E-state index is 0. The van der Waals surface area contributed by atoms with Crippen LogP contribution in [-0.4, -0.2) is 127 Å². The Morgan fingerprint density at radius 2 is 0.772 bits per heavy atom. The molecule has 7 rings (SSSR count). The fourth-order valence-electron chi connectivity index (χ4n) is 7.92. The van der Waals surface area contributed by atoms with E-state index >= 15 is 0 Å². The molecule has 518 valence electrons. The van der Waals surface area contributed by atoms with Crippen molar-refractivity contribution in [3.63, 3.8) is 0 Å². The number of hydrogen-bond acceptors (Lipinski definition) is 23. The molecule has 5 saturated carbocycles. The molecule has 0 amide bonds. The van der Waals surface area contributed by atoms with Crippen LogP contribution in [0, 0.1) is 43.4 Å². The smallest absolute Gasteiger partial charge is 0.742 e. The number of benzene rings is 2. The van der Waals surface area contributed by atoms with Gasteiger partial charge in [-0.05, 0) is 200 Å². The number of hydrogen-bond donors (Lipinski definition) is 1. The molecule has 0 aliphatic heterocycles. The van der Waals surface area contributed by atoms with E-state index in [1.165, 1.54) is 43.0 Å². The molecule has 5 aliphatic carbocycles. The van der Waals surface area contributed by atoms with Crippen molar-refractivity contribution in [3.05, 3.63) is 59.7 Å². The monoisotopic (exact) mass is 1460 g/mol. The third-order valence-corrected chi connectivity index (χ3v) is 18.4. The summed E-state index contributed by atoms with van der Waals surface area (Å²) in [5, 5.41) is 8.57. The summed E-state index contributed by atoms with van der Waals surface area (Å²) in [7, 11) is -0.591. The number of Topliss-reactive ketones (excluding diaryl/α,β-unsaturated/α-hetero) is 1. The molecular formula is C63H95Cl2KO21S5. The van der Waals surface area contributed by atoms with Crippen LogP contribution in [0.3, 0.4) is 0 Å². The van der Waals surface area contributed by atoms with Crippen molar-refractivity contribution in [2.24, 2.45) is 29.6 Å². The van der Waals surface area contributed by atoms with Crippen LogP contribution in [0.25, 0.3) is 0 Å². The van der Waals surface area contributed by atoms with Gasteiger partial charge in [-0.25, -0.2) is 16.8 Å². The molecular weight excluding hydrogens is 1360 g/mol. The van der Waals surface area contributed by atoms with Crippen molar-refractivity contribution in [3.8, 4) is 0 Å². The van der Waals surface area contributed by atoms with Crippen LogP contribution in [0.2, 0.25) is 0 Å². The van der Waals surface area contributed by atoms with Gasteiger partial charge in [0.05, 0.1) is 56.8 Å². The zero-order chi connectivity index (χ0) is 70.8. The quantitative estimate of drug-likeness (QED) is 0.0552. The Morgan fingerprint density at radius 1 is 0.489 bits per heavy atom. The number of aryl methyl sites for hydroxylation is 2. The molecule has 0 atom stereocenters. The van der Waals surface area contributed by atoms with E-state index in [-0.39, 0.29) is 156 Å². The van der Waals surface area contributed by atoms with Crippen LogP contribution in [0.4, 0.5) is 0 Å². The maximum Gasteiger partial charge on any atom is 1.00 e. The second-order valence-electron chi connectivity index (χ2n) is 27.7. The first-order valence-corrected chi connectivity index (χ1v) is 37.0. The molecule has 1 N–H and O–H groups in total. The van der Waals surface area contributed by atoms with Crippen molar-refractivity contribution in [2.75, 3.05) is 0 Å². The average molecular weight is 1460 g/mol. The van der Waals surface area contributed by atoms with Crippen molar-refractivity contribution >= 4 is 120 Å². The van der Waals surface area contributed by atoms with Crippen molar-refractivity contribution in [1.29, 1.82) is 0 Å². The molecule has 5 aliphatic rings. The molecule has 21 nitrogen and oxygen atoms in total. The van der Waals surface area contributed by atoms with Gasteiger partial charge in [0, 0.05) is 51.5 Å². The summed E-state index contributed by atoms with van der Waals surface area (Å²) < 4.78 is 98.5. The minimum atomic E-state index is -3.77. The molecule has 0 saturated heterocycles. The molecule has 2 aromatic rings. The SMILES string of the molecule is CC(=O)SC1CC(C(=O)OC(C)(C)C)C1.CC(=O)[S-].CC(C)(C)OC(=O)C1CC(=O)C1.CC(C)(C)OC(=O)C1CC(O)C1.CC(C)(C)OC(=O)C1CC(S(=O)(=O)Cl)C1.Cc1ccc(S(=O)(=O)Cl)cc1.Cc1ccc(S(=O)(=O)OC2CC(C(=O)OC(C)(C)C)C2)cc1.[K+]. The van der Waals surface area contributed by atoms with Crippen molar-refractivity contribution in [1.82, 2.24) is 0 Å². The van der Waals surface area contributed by atoms with Gasteiger partial charge in [0.1, 0.15) is 33.8 Å². The largest absolute Gasteiger partial charge is 1.00 e. The van der Waals surface area contributed by atoms with Gasteiger partial charge in [-0.15, -0.1) is 0 Å². The molecule has 0 spiro atoms. The summed E-state index contributed by atoms with van der Waals surface area (Å²) in [5.41, 5.74) is -0.316. The van der Waals surface area contributed by atoms with Gasteiger partial charge in [0.2, 0.25) is 9.05 Å². The van der Waals surface area contributed by atoms with Gasteiger partial charge in [-0.2, -0.15) is 8.42 Å². The number of esters is 5. The van der Waals surface area contributed by atoms with Gasteiger partial charge in [-0.3, -0.25) is 37.7 Å². The number of carbonyl (C=O) groups excluding carboxylic acids is 8. The molecule has 29 heteroatoms. The minimum Gasteiger partial charge on any atom is -0.742 e. The second kappa shape index (κ2) is 37.9. The van der Waals surface area contributed by atoms with Gasteiger partial charge in [0.25, 0.3) is 19.2 Å². The summed E-state index contributed by atoms with van der Waals surface area (Å²) >= 11 is 5.32. The van der Waals surface area contributed by atoms with Crippen LogP contribution in [0.15, 0.2) is 58.3 Å². The average Bonchev–Trinajstić information content (AvgIpc) is 0.821. The molecule has 2 aromatic carbocycles. The first-order valence-electron chi connectivity index (χ1n) is 29.6. The summed E-state index contributed by atoms with van der Waals surface area (Å²) in [6, 6.07) is 12.9. The van der Waals surface area contributed by atoms with E-state index in [4.69, 9.17) is 54.3 Å². The topological polar surface area (TPSA) is 315 Å². The number of ketones is 1. The van der Waals surface area contributed by atoms with Gasteiger partial charge in [-0.1, -0.05) is 47.2 Å². The number of rotatable bonds is 11. The Labute approximate surface area is 607 Å². The predicted octanol–water partition coefficient (Wildman–Crippen LogP) is 8.29. The molecule has 0 bridgehead atoms. The Kier molecular flexibility index (Phi) is 36.8. The Hall–Kier alpha value is -2.64. The fraction of sp³-hybridized carbons (Fsp3) is 0.683. The van der Waals surface area contributed by atoms with Crippen molar-refractivity contribution < 1.29 is 148 Å².